The number of halogens is 3. The van der Waals surface area contributed by atoms with Gasteiger partial charge >= 0.3 is 6.18 Å². The smallest absolute Gasteiger partial charge is 0.346 e. The minimum absolute atomic E-state index is 0.141. The highest BCUT2D eigenvalue weighted by molar-refractivity contribution is 5.18. The number of methoxy groups -OCH3 is 1. The summed E-state index contributed by atoms with van der Waals surface area (Å²) in [7, 11) is 1.04. The monoisotopic (exact) mass is 276 g/mol. The van der Waals surface area contributed by atoms with Gasteiger partial charge in [-0.1, -0.05) is 12.2 Å². The lowest BCUT2D eigenvalue weighted by atomic mass is 9.60. The van der Waals surface area contributed by atoms with Gasteiger partial charge in [-0.25, -0.2) is 0 Å². The first-order valence-electron chi connectivity index (χ1n) is 6.80. The van der Waals surface area contributed by atoms with Gasteiger partial charge in [0.15, 0.2) is 0 Å². The van der Waals surface area contributed by atoms with E-state index in [1.807, 2.05) is 0 Å². The number of fused-ring (bicyclic) bond motifs is 5. The van der Waals surface area contributed by atoms with Crippen molar-refractivity contribution in [1.29, 1.82) is 0 Å². The highest BCUT2D eigenvalue weighted by Gasteiger charge is 2.57. The summed E-state index contributed by atoms with van der Waals surface area (Å²) in [6.45, 7) is 1.09. The predicted molar refractivity (Wildman–Crippen MR) is 63.2 cm³/mol. The van der Waals surface area contributed by atoms with Crippen LogP contribution in [0.15, 0.2) is 12.2 Å². The third-order valence-electron chi connectivity index (χ3n) is 5.29. The minimum Gasteiger partial charge on any atom is -0.346 e. The summed E-state index contributed by atoms with van der Waals surface area (Å²) in [6, 6.07) is 0. The summed E-state index contributed by atoms with van der Waals surface area (Å²) in [6.07, 6.45) is 2.19. The molecule has 3 aliphatic carbocycles. The first-order chi connectivity index (χ1) is 8.86. The molecule has 0 heterocycles. The third kappa shape index (κ3) is 1.93. The van der Waals surface area contributed by atoms with E-state index in [-0.39, 0.29) is 12.5 Å². The fourth-order valence-corrected chi connectivity index (χ4v) is 4.01. The maximum atomic E-state index is 12.8. The average molecular weight is 276 g/mol. The van der Waals surface area contributed by atoms with Crippen LogP contribution in [0.5, 0.6) is 0 Å². The van der Waals surface area contributed by atoms with Crippen molar-refractivity contribution in [2.24, 2.45) is 29.6 Å². The van der Waals surface area contributed by atoms with Crippen LogP contribution in [-0.2, 0) is 9.47 Å². The largest absolute Gasteiger partial charge is 0.442 e. The lowest BCUT2D eigenvalue weighted by Gasteiger charge is -2.46. The summed E-state index contributed by atoms with van der Waals surface area (Å²) in [4.78, 5) is 0. The molecule has 0 amide bonds. The van der Waals surface area contributed by atoms with E-state index in [1.54, 1.807) is 0 Å². The topological polar surface area (TPSA) is 18.5 Å². The van der Waals surface area contributed by atoms with Gasteiger partial charge in [0, 0.05) is 7.11 Å². The molecule has 2 nitrogen and oxygen atoms in total. The Morgan fingerprint density at radius 3 is 2.42 bits per heavy atom. The lowest BCUT2D eigenvalue weighted by Crippen LogP contribution is -2.50. The number of hydrogen-bond acceptors (Lipinski definition) is 2. The molecule has 3 aliphatic rings. The van der Waals surface area contributed by atoms with Crippen LogP contribution in [0.1, 0.15) is 19.8 Å². The van der Waals surface area contributed by atoms with Gasteiger partial charge in [0.2, 0.25) is 0 Å². The molecular formula is C14H19F3O2. The van der Waals surface area contributed by atoms with Crippen molar-refractivity contribution < 1.29 is 22.6 Å². The molecule has 108 valence electrons. The molecule has 2 bridgehead atoms. The molecule has 0 N–H and O–H groups in total. The maximum Gasteiger partial charge on any atom is 0.442 e. The SMILES string of the molecule is COC(C)(OCC1CC2C3C=CC(C3)C12)C(F)(F)F. The zero-order chi connectivity index (χ0) is 13.8. The van der Waals surface area contributed by atoms with Crippen LogP contribution in [0.25, 0.3) is 0 Å². The Kier molecular flexibility index (Phi) is 2.98. The molecule has 0 aromatic rings. The van der Waals surface area contributed by atoms with E-state index in [0.29, 0.717) is 23.7 Å². The maximum absolute atomic E-state index is 12.8. The summed E-state index contributed by atoms with van der Waals surface area (Å²) in [5.41, 5.74) is 0. The molecule has 0 aromatic carbocycles. The van der Waals surface area contributed by atoms with Crippen molar-refractivity contribution in [3.05, 3.63) is 12.2 Å². The normalized spacial score (nSPS) is 42.9. The summed E-state index contributed by atoms with van der Waals surface area (Å²) >= 11 is 0. The fourth-order valence-electron chi connectivity index (χ4n) is 4.01. The Hall–Kier alpha value is -0.550. The predicted octanol–water partition coefficient (Wildman–Crippen LogP) is 3.39. The number of alkyl halides is 3. The molecule has 0 aromatic heterocycles. The van der Waals surface area contributed by atoms with Gasteiger partial charge in [0.25, 0.3) is 5.79 Å². The number of ether oxygens (including phenoxy) is 2. The van der Waals surface area contributed by atoms with Crippen molar-refractivity contribution in [3.63, 3.8) is 0 Å². The molecule has 19 heavy (non-hydrogen) atoms. The molecule has 2 fully saturated rings. The fraction of sp³-hybridized carbons (Fsp3) is 0.857. The van der Waals surface area contributed by atoms with E-state index < -0.39 is 12.0 Å². The van der Waals surface area contributed by atoms with Gasteiger partial charge in [-0.2, -0.15) is 13.2 Å². The molecule has 6 atom stereocenters. The first-order valence-corrected chi connectivity index (χ1v) is 6.80. The van der Waals surface area contributed by atoms with Crippen molar-refractivity contribution in [3.8, 4) is 0 Å². The van der Waals surface area contributed by atoms with Crippen LogP contribution in [0.4, 0.5) is 13.2 Å². The van der Waals surface area contributed by atoms with Crippen molar-refractivity contribution in [2.45, 2.75) is 31.7 Å². The summed E-state index contributed by atoms with van der Waals surface area (Å²) < 4.78 is 48.1. The number of rotatable bonds is 4. The second-order valence-corrected chi connectivity index (χ2v) is 6.14. The Morgan fingerprint density at radius 2 is 1.84 bits per heavy atom. The van der Waals surface area contributed by atoms with Gasteiger partial charge in [0.05, 0.1) is 6.61 Å². The van der Waals surface area contributed by atoms with Crippen LogP contribution in [0.3, 0.4) is 0 Å². The minimum atomic E-state index is -4.50. The molecule has 5 heteroatoms. The van der Waals surface area contributed by atoms with Gasteiger partial charge in [0.1, 0.15) is 0 Å². The van der Waals surface area contributed by atoms with Crippen LogP contribution < -0.4 is 0 Å². The standard InChI is InChI=1S/C14H19F3O2/c1-13(18-2,14(15,16)17)19-7-10-6-11-8-3-4-9(5-8)12(10)11/h3-4,8-12H,5-7H2,1-2H3. The Labute approximate surface area is 111 Å². The van der Waals surface area contributed by atoms with Crippen LogP contribution >= 0.6 is 0 Å². The van der Waals surface area contributed by atoms with Crippen LogP contribution in [0, 0.1) is 29.6 Å². The molecular weight excluding hydrogens is 257 g/mol. The lowest BCUT2D eigenvalue weighted by molar-refractivity contribution is -0.370. The van der Waals surface area contributed by atoms with E-state index >= 15 is 0 Å². The molecule has 3 rings (SSSR count). The summed E-state index contributed by atoms with van der Waals surface area (Å²) in [5, 5.41) is 0. The zero-order valence-corrected chi connectivity index (χ0v) is 11.1. The molecule has 2 saturated carbocycles. The van der Waals surface area contributed by atoms with Gasteiger partial charge < -0.3 is 9.47 Å². The second-order valence-electron chi connectivity index (χ2n) is 6.14. The van der Waals surface area contributed by atoms with E-state index in [4.69, 9.17) is 4.74 Å². The molecule has 0 radical (unpaired) electrons. The molecule has 0 spiro atoms. The highest BCUT2D eigenvalue weighted by atomic mass is 19.4. The van der Waals surface area contributed by atoms with Gasteiger partial charge in [-0.15, -0.1) is 0 Å². The number of hydrogen-bond donors (Lipinski definition) is 0. The first kappa shape index (κ1) is 13.4. The van der Waals surface area contributed by atoms with Gasteiger partial charge in [-0.05, 0) is 49.4 Å². The Morgan fingerprint density at radius 1 is 1.16 bits per heavy atom. The Bertz CT molecular complexity index is 393. The van der Waals surface area contributed by atoms with Crippen molar-refractivity contribution in [1.82, 2.24) is 0 Å². The quantitative estimate of drug-likeness (QED) is 0.579. The van der Waals surface area contributed by atoms with E-state index in [0.717, 1.165) is 20.5 Å². The van der Waals surface area contributed by atoms with Crippen molar-refractivity contribution in [2.75, 3.05) is 13.7 Å². The Balaban J connectivity index is 1.58. The van der Waals surface area contributed by atoms with E-state index in [2.05, 4.69) is 16.9 Å². The zero-order valence-electron chi connectivity index (χ0n) is 11.1. The molecule has 0 aliphatic heterocycles. The van der Waals surface area contributed by atoms with Crippen molar-refractivity contribution >= 4 is 0 Å². The average Bonchev–Trinajstić information content (AvgIpc) is 2.83. The molecule has 6 unspecified atom stereocenters. The van der Waals surface area contributed by atoms with Crippen LogP contribution in [-0.4, -0.2) is 25.7 Å². The van der Waals surface area contributed by atoms with E-state index in [9.17, 15) is 13.2 Å². The molecule has 0 saturated heterocycles. The van der Waals surface area contributed by atoms with Gasteiger partial charge in [-0.3, -0.25) is 0 Å². The highest BCUT2D eigenvalue weighted by Crippen LogP contribution is 2.61. The third-order valence-corrected chi connectivity index (χ3v) is 5.29. The number of allylic oxidation sites excluding steroid dienone is 2. The summed E-state index contributed by atoms with van der Waals surface area (Å²) in [5.74, 6) is 0.222. The van der Waals surface area contributed by atoms with E-state index in [1.165, 1.54) is 6.42 Å². The second kappa shape index (κ2) is 4.22. The van der Waals surface area contributed by atoms with Crippen LogP contribution in [0.2, 0.25) is 0 Å².